The molecular formula is C17H28ClIN4OS. The molecule has 8 heteroatoms. The molecule has 142 valence electrons. The number of aliphatic imine (C=N–C) groups is 1. The number of anilines is 1. The van der Waals surface area contributed by atoms with E-state index < -0.39 is 10.8 Å². The zero-order valence-electron chi connectivity index (χ0n) is 15.1. The van der Waals surface area contributed by atoms with Gasteiger partial charge in [0.05, 0.1) is 6.54 Å². The summed E-state index contributed by atoms with van der Waals surface area (Å²) in [4.78, 5) is 8.81. The molecular weight excluding hydrogens is 471 g/mol. The van der Waals surface area contributed by atoms with E-state index in [1.165, 1.54) is 5.69 Å². The standard InChI is InChI=1S/C17H27ClN4OS.HI/c1-17(2,3)24(23)13-8-20-16(19)22-11-9-21(10-12-22)15-6-4-14(18)5-7-15;/h4-7H,8-13H2,1-3H3,(H2,19,20);1H. The molecule has 0 amide bonds. The fraction of sp³-hybridized carbons (Fsp3) is 0.588. The SMILES string of the molecule is CC(C)(C)S(=O)CCN=C(N)N1CCN(c2ccc(Cl)cc2)CC1.I. The van der Waals surface area contributed by atoms with E-state index in [4.69, 9.17) is 17.3 Å². The molecule has 0 aromatic heterocycles. The Morgan fingerprint density at radius 3 is 2.28 bits per heavy atom. The minimum absolute atomic E-state index is 0. The van der Waals surface area contributed by atoms with Crippen molar-refractivity contribution in [2.24, 2.45) is 10.7 Å². The lowest BCUT2D eigenvalue weighted by Gasteiger charge is -2.36. The van der Waals surface area contributed by atoms with Gasteiger partial charge in [0, 0.05) is 58.2 Å². The first kappa shape index (κ1) is 22.5. The third kappa shape index (κ3) is 6.94. The van der Waals surface area contributed by atoms with E-state index in [0.29, 0.717) is 18.3 Å². The van der Waals surface area contributed by atoms with Gasteiger partial charge in [-0.1, -0.05) is 11.6 Å². The molecule has 1 saturated heterocycles. The minimum atomic E-state index is -0.891. The lowest BCUT2D eigenvalue weighted by Crippen LogP contribution is -2.51. The molecule has 5 nitrogen and oxygen atoms in total. The fourth-order valence-corrected chi connectivity index (χ4v) is 3.49. The Hall–Kier alpha value is -0.540. The van der Waals surface area contributed by atoms with E-state index in [0.717, 1.165) is 31.2 Å². The molecule has 1 aromatic rings. The predicted molar refractivity (Wildman–Crippen MR) is 120 cm³/mol. The fourth-order valence-electron chi connectivity index (χ4n) is 2.49. The molecule has 0 radical (unpaired) electrons. The summed E-state index contributed by atoms with van der Waals surface area (Å²) < 4.78 is 11.8. The van der Waals surface area contributed by atoms with Crippen LogP contribution in [0, 0.1) is 0 Å². The van der Waals surface area contributed by atoms with E-state index in [-0.39, 0.29) is 28.7 Å². The Bertz CT molecular complexity index is 596. The normalized spacial score (nSPS) is 17.2. The second-order valence-corrected chi connectivity index (χ2v) is 9.61. The lowest BCUT2D eigenvalue weighted by molar-refractivity contribution is 0.381. The van der Waals surface area contributed by atoms with Gasteiger partial charge in [-0.2, -0.15) is 0 Å². The molecule has 1 heterocycles. The topological polar surface area (TPSA) is 61.9 Å². The Balaban J connectivity index is 0.00000312. The highest BCUT2D eigenvalue weighted by atomic mass is 127. The second kappa shape index (κ2) is 9.97. The molecule has 0 spiro atoms. The van der Waals surface area contributed by atoms with Gasteiger partial charge in [0.25, 0.3) is 0 Å². The quantitative estimate of drug-likeness (QED) is 0.394. The average Bonchev–Trinajstić information content (AvgIpc) is 2.54. The summed E-state index contributed by atoms with van der Waals surface area (Å²) in [6, 6.07) is 7.90. The van der Waals surface area contributed by atoms with Gasteiger partial charge in [-0.3, -0.25) is 9.20 Å². The highest BCUT2D eigenvalue weighted by Crippen LogP contribution is 2.19. The van der Waals surface area contributed by atoms with Crippen molar-refractivity contribution in [3.63, 3.8) is 0 Å². The van der Waals surface area contributed by atoms with Crippen molar-refractivity contribution in [3.8, 4) is 0 Å². The first-order valence-corrected chi connectivity index (χ1v) is 9.91. The van der Waals surface area contributed by atoms with E-state index in [1.54, 1.807) is 0 Å². The van der Waals surface area contributed by atoms with Crippen molar-refractivity contribution in [2.45, 2.75) is 25.5 Å². The molecule has 2 rings (SSSR count). The number of hydrogen-bond donors (Lipinski definition) is 1. The Labute approximate surface area is 175 Å². The van der Waals surface area contributed by atoms with Gasteiger partial charge >= 0.3 is 0 Å². The predicted octanol–water partition coefficient (Wildman–Crippen LogP) is 2.94. The maximum atomic E-state index is 12.0. The molecule has 2 N–H and O–H groups in total. The first-order valence-electron chi connectivity index (χ1n) is 8.21. The van der Waals surface area contributed by atoms with Crippen molar-refractivity contribution < 1.29 is 4.21 Å². The number of guanidine groups is 1. The average molecular weight is 499 g/mol. The van der Waals surface area contributed by atoms with E-state index >= 15 is 0 Å². The van der Waals surface area contributed by atoms with Gasteiger partial charge in [0.15, 0.2) is 5.96 Å². The third-order valence-electron chi connectivity index (χ3n) is 4.03. The van der Waals surface area contributed by atoms with Gasteiger partial charge in [-0.05, 0) is 45.0 Å². The maximum Gasteiger partial charge on any atom is 0.191 e. The number of nitrogens with zero attached hydrogens (tertiary/aromatic N) is 3. The molecule has 1 aliphatic heterocycles. The summed E-state index contributed by atoms with van der Waals surface area (Å²) in [5.41, 5.74) is 7.26. The van der Waals surface area contributed by atoms with Crippen molar-refractivity contribution in [1.29, 1.82) is 0 Å². The summed E-state index contributed by atoms with van der Waals surface area (Å²) in [5, 5.41) is 0.751. The van der Waals surface area contributed by atoms with Crippen LogP contribution in [0.4, 0.5) is 5.69 Å². The van der Waals surface area contributed by atoms with Crippen LogP contribution >= 0.6 is 35.6 Å². The van der Waals surface area contributed by atoms with Crippen molar-refractivity contribution in [1.82, 2.24) is 4.90 Å². The third-order valence-corrected chi connectivity index (χ3v) is 6.20. The molecule has 25 heavy (non-hydrogen) atoms. The van der Waals surface area contributed by atoms with Crippen LogP contribution in [0.15, 0.2) is 29.3 Å². The summed E-state index contributed by atoms with van der Waals surface area (Å²) in [6.07, 6.45) is 0. The van der Waals surface area contributed by atoms with Gasteiger partial charge < -0.3 is 15.5 Å². The minimum Gasteiger partial charge on any atom is -0.370 e. The smallest absolute Gasteiger partial charge is 0.191 e. The van der Waals surface area contributed by atoms with Crippen LogP contribution in [0.3, 0.4) is 0 Å². The van der Waals surface area contributed by atoms with Crippen LogP contribution in [-0.2, 0) is 10.8 Å². The van der Waals surface area contributed by atoms with E-state index in [1.807, 2.05) is 45.0 Å². The molecule has 0 saturated carbocycles. The highest BCUT2D eigenvalue weighted by molar-refractivity contribution is 14.0. The molecule has 1 fully saturated rings. The Morgan fingerprint density at radius 1 is 1.20 bits per heavy atom. The number of piperazine rings is 1. The summed E-state index contributed by atoms with van der Waals surface area (Å²) in [6.45, 7) is 9.90. The van der Waals surface area contributed by atoms with E-state index in [9.17, 15) is 4.21 Å². The summed E-state index contributed by atoms with van der Waals surface area (Å²) >= 11 is 5.93. The number of hydrogen-bond acceptors (Lipinski definition) is 3. The number of rotatable bonds is 4. The van der Waals surface area contributed by atoms with E-state index in [2.05, 4.69) is 14.8 Å². The van der Waals surface area contributed by atoms with Crippen LogP contribution in [0.1, 0.15) is 20.8 Å². The largest absolute Gasteiger partial charge is 0.370 e. The van der Waals surface area contributed by atoms with Crippen molar-refractivity contribution in [3.05, 3.63) is 29.3 Å². The number of benzene rings is 1. The number of halogens is 2. The first-order chi connectivity index (χ1) is 11.3. The van der Waals surface area contributed by atoms with Crippen LogP contribution in [0.5, 0.6) is 0 Å². The maximum absolute atomic E-state index is 12.0. The van der Waals surface area contributed by atoms with Crippen LogP contribution < -0.4 is 10.6 Å². The van der Waals surface area contributed by atoms with Crippen LogP contribution in [-0.4, -0.2) is 58.3 Å². The van der Waals surface area contributed by atoms with Gasteiger partial charge in [-0.15, -0.1) is 24.0 Å². The summed E-state index contributed by atoms with van der Waals surface area (Å²) in [7, 11) is -0.891. The monoisotopic (exact) mass is 498 g/mol. The van der Waals surface area contributed by atoms with Gasteiger partial charge in [0.2, 0.25) is 0 Å². The molecule has 0 aliphatic carbocycles. The Morgan fingerprint density at radius 2 is 1.76 bits per heavy atom. The van der Waals surface area contributed by atoms with Crippen molar-refractivity contribution in [2.75, 3.05) is 43.4 Å². The molecule has 1 aliphatic rings. The second-order valence-electron chi connectivity index (χ2n) is 6.85. The van der Waals surface area contributed by atoms with Crippen molar-refractivity contribution >= 4 is 58.0 Å². The zero-order valence-corrected chi connectivity index (χ0v) is 19.0. The highest BCUT2D eigenvalue weighted by Gasteiger charge is 2.20. The zero-order chi connectivity index (χ0) is 17.7. The van der Waals surface area contributed by atoms with Gasteiger partial charge in [0.1, 0.15) is 0 Å². The molecule has 0 bridgehead atoms. The van der Waals surface area contributed by atoms with Crippen LogP contribution in [0.25, 0.3) is 0 Å². The molecule has 1 unspecified atom stereocenters. The lowest BCUT2D eigenvalue weighted by atomic mass is 10.2. The molecule has 1 aromatic carbocycles. The van der Waals surface area contributed by atoms with Gasteiger partial charge in [-0.25, -0.2) is 0 Å². The number of nitrogens with two attached hydrogens (primary N) is 1. The summed E-state index contributed by atoms with van der Waals surface area (Å²) in [5.74, 6) is 1.10. The van der Waals surface area contributed by atoms with Crippen LogP contribution in [0.2, 0.25) is 5.02 Å². The Kier molecular flexibility index (Phi) is 8.97. The molecule has 1 atom stereocenters.